The van der Waals surface area contributed by atoms with Gasteiger partial charge in [0.25, 0.3) is 11.5 Å². The van der Waals surface area contributed by atoms with Crippen molar-refractivity contribution in [2.45, 2.75) is 13.5 Å². The van der Waals surface area contributed by atoms with E-state index in [-0.39, 0.29) is 28.9 Å². The van der Waals surface area contributed by atoms with Crippen LogP contribution >= 0.6 is 11.3 Å². The van der Waals surface area contributed by atoms with E-state index in [0.717, 1.165) is 17.1 Å². The maximum Gasteiger partial charge on any atom is 0.269 e. The van der Waals surface area contributed by atoms with Crippen LogP contribution in [0.15, 0.2) is 46.7 Å². The predicted molar refractivity (Wildman–Crippen MR) is 97.3 cm³/mol. The van der Waals surface area contributed by atoms with Crippen LogP contribution in [0.3, 0.4) is 0 Å². The number of furan rings is 1. The van der Waals surface area contributed by atoms with Crippen LogP contribution in [-0.2, 0) is 11.3 Å². The average Bonchev–Trinajstić information content (AvgIpc) is 3.13. The van der Waals surface area contributed by atoms with Crippen molar-refractivity contribution in [3.63, 3.8) is 0 Å². The fraction of sp³-hybridized carbons (Fsp3) is 0.167. The molecule has 2 heterocycles. The van der Waals surface area contributed by atoms with Gasteiger partial charge in [0, 0.05) is 19.2 Å². The average molecular weight is 355 g/mol. The third-order valence-corrected chi connectivity index (χ3v) is 4.34. The van der Waals surface area contributed by atoms with E-state index in [1.54, 1.807) is 25.1 Å². The molecule has 2 rings (SSSR count). The number of nitriles is 1. The Hall–Kier alpha value is -3.11. The van der Waals surface area contributed by atoms with E-state index in [1.165, 1.54) is 16.7 Å². The van der Waals surface area contributed by atoms with Crippen molar-refractivity contribution >= 4 is 28.9 Å². The van der Waals surface area contributed by atoms with Gasteiger partial charge in [-0.15, -0.1) is 24.5 Å². The third-order valence-electron chi connectivity index (χ3n) is 3.21. The minimum Gasteiger partial charge on any atom is -0.462 e. The fourth-order valence-corrected chi connectivity index (χ4v) is 3.20. The second kappa shape index (κ2) is 8.13. The number of carbonyl (C=O) groups is 1. The number of thiazole rings is 1. The highest BCUT2D eigenvalue weighted by atomic mass is 32.1. The van der Waals surface area contributed by atoms with Crippen LogP contribution in [0.2, 0.25) is 0 Å². The van der Waals surface area contributed by atoms with Gasteiger partial charge in [0.2, 0.25) is 0 Å². The summed E-state index contributed by atoms with van der Waals surface area (Å²) in [5.74, 6) is 0.701. The highest BCUT2D eigenvalue weighted by molar-refractivity contribution is 7.07. The second-order valence-electron chi connectivity index (χ2n) is 5.05. The predicted octanol–water partition coefficient (Wildman–Crippen LogP) is 0.802. The molecular formula is C18H17N3O3S. The van der Waals surface area contributed by atoms with E-state index in [4.69, 9.17) is 4.42 Å². The molecule has 2 aromatic rings. The van der Waals surface area contributed by atoms with Gasteiger partial charge in [-0.3, -0.25) is 14.2 Å². The first-order chi connectivity index (χ1) is 12.0. The summed E-state index contributed by atoms with van der Waals surface area (Å²) < 4.78 is 7.46. The molecule has 0 spiro atoms. The molecule has 0 saturated heterocycles. The molecule has 0 aliphatic carbocycles. The number of allylic oxidation sites excluding steroid dienone is 1. The lowest BCUT2D eigenvalue weighted by atomic mass is 10.3. The quantitative estimate of drug-likeness (QED) is 0.777. The van der Waals surface area contributed by atoms with Gasteiger partial charge >= 0.3 is 0 Å². The first kappa shape index (κ1) is 18.2. The van der Waals surface area contributed by atoms with Gasteiger partial charge in [-0.05, 0) is 19.1 Å². The number of amides is 1. The summed E-state index contributed by atoms with van der Waals surface area (Å²) in [7, 11) is 0. The first-order valence-corrected chi connectivity index (χ1v) is 8.25. The summed E-state index contributed by atoms with van der Waals surface area (Å²) in [6.07, 6.45) is 4.64. The number of aryl methyl sites for hydroxylation is 1. The lowest BCUT2D eigenvalue weighted by Crippen LogP contribution is -2.34. The van der Waals surface area contributed by atoms with Gasteiger partial charge in [0.05, 0.1) is 4.53 Å². The Morgan fingerprint density at radius 2 is 2.20 bits per heavy atom. The Labute approximate surface area is 148 Å². The fourth-order valence-electron chi connectivity index (χ4n) is 2.11. The largest absolute Gasteiger partial charge is 0.462 e. The third kappa shape index (κ3) is 4.05. The Balaban J connectivity index is 2.73. The van der Waals surface area contributed by atoms with Crippen LogP contribution in [-0.4, -0.2) is 17.0 Å². The van der Waals surface area contributed by atoms with Gasteiger partial charge in [-0.2, -0.15) is 5.26 Å². The van der Waals surface area contributed by atoms with Crippen molar-refractivity contribution in [1.82, 2.24) is 9.88 Å². The Kier molecular flexibility index (Phi) is 5.93. The van der Waals surface area contributed by atoms with E-state index in [0.29, 0.717) is 10.3 Å². The van der Waals surface area contributed by atoms with E-state index in [1.807, 2.05) is 6.07 Å². The summed E-state index contributed by atoms with van der Waals surface area (Å²) in [5, 5.41) is 12.0. The summed E-state index contributed by atoms with van der Waals surface area (Å²) in [6, 6.07) is 5.42. The van der Waals surface area contributed by atoms with Crippen LogP contribution < -0.4 is 20.1 Å². The molecule has 128 valence electrons. The van der Waals surface area contributed by atoms with Crippen LogP contribution in [0.5, 0.6) is 0 Å². The van der Waals surface area contributed by atoms with Crippen molar-refractivity contribution in [3.05, 3.63) is 68.5 Å². The number of hydrogen-bond acceptors (Lipinski definition) is 5. The number of nitrogens with zero attached hydrogens (tertiary/aromatic N) is 2. The first-order valence-electron chi connectivity index (χ1n) is 7.44. The maximum atomic E-state index is 12.6. The van der Waals surface area contributed by atoms with E-state index in [9.17, 15) is 14.9 Å². The molecule has 6 nitrogen and oxygen atoms in total. The van der Waals surface area contributed by atoms with Crippen LogP contribution in [0.1, 0.15) is 11.5 Å². The van der Waals surface area contributed by atoms with Crippen molar-refractivity contribution in [2.24, 2.45) is 0 Å². The number of hydrogen-bond donors (Lipinski definition) is 1. The standard InChI is InChI=1S/C18H17N3O3S/c1-4-8-20-16(22)14(11-19)18-21(9-5-2)17(23)15(25-18)10-13-7-6-12(3)24-13/h4-7,10H,1-2,8-9H2,3H3,(H,20,22)/b15-10+,18-14-. The van der Waals surface area contributed by atoms with Crippen LogP contribution in [0.4, 0.5) is 0 Å². The highest BCUT2D eigenvalue weighted by Crippen LogP contribution is 2.06. The summed E-state index contributed by atoms with van der Waals surface area (Å²) in [6.45, 7) is 9.36. The Bertz CT molecular complexity index is 1030. The molecule has 0 fully saturated rings. The van der Waals surface area contributed by atoms with Crippen molar-refractivity contribution in [1.29, 1.82) is 5.26 Å². The van der Waals surface area contributed by atoms with Crippen molar-refractivity contribution in [3.8, 4) is 6.07 Å². The monoisotopic (exact) mass is 355 g/mol. The number of nitrogens with one attached hydrogen (secondary N) is 1. The molecule has 0 unspecified atom stereocenters. The molecule has 1 amide bonds. The van der Waals surface area contributed by atoms with Gasteiger partial charge in [-0.25, -0.2) is 0 Å². The molecule has 0 aliphatic rings. The van der Waals surface area contributed by atoms with Crippen LogP contribution in [0, 0.1) is 18.3 Å². The van der Waals surface area contributed by atoms with E-state index in [2.05, 4.69) is 18.5 Å². The highest BCUT2D eigenvalue weighted by Gasteiger charge is 2.15. The smallest absolute Gasteiger partial charge is 0.269 e. The van der Waals surface area contributed by atoms with Gasteiger partial charge in [-0.1, -0.05) is 12.2 Å². The number of rotatable bonds is 6. The minimum absolute atomic E-state index is 0.124. The number of aromatic nitrogens is 1. The normalized spacial score (nSPS) is 12.4. The van der Waals surface area contributed by atoms with Crippen molar-refractivity contribution in [2.75, 3.05) is 6.54 Å². The summed E-state index contributed by atoms with van der Waals surface area (Å²) in [5.41, 5.74) is -0.431. The molecule has 0 aliphatic heterocycles. The summed E-state index contributed by atoms with van der Waals surface area (Å²) in [4.78, 5) is 24.8. The zero-order chi connectivity index (χ0) is 18.4. The van der Waals surface area contributed by atoms with Gasteiger partial charge in [0.1, 0.15) is 22.3 Å². The molecule has 0 bridgehead atoms. The molecule has 1 N–H and O–H groups in total. The molecule has 2 aromatic heterocycles. The molecule has 0 saturated carbocycles. The lowest BCUT2D eigenvalue weighted by Gasteiger charge is -2.01. The molecule has 7 heteroatoms. The minimum atomic E-state index is -0.554. The molecule has 0 atom stereocenters. The second-order valence-corrected chi connectivity index (χ2v) is 6.08. The zero-order valence-corrected chi connectivity index (χ0v) is 14.6. The molecule has 25 heavy (non-hydrogen) atoms. The van der Waals surface area contributed by atoms with Crippen LogP contribution in [0.25, 0.3) is 11.6 Å². The number of carbonyl (C=O) groups excluding carboxylic acids is 1. The topological polar surface area (TPSA) is 88.0 Å². The summed E-state index contributed by atoms with van der Waals surface area (Å²) >= 11 is 1.07. The lowest BCUT2D eigenvalue weighted by molar-refractivity contribution is -0.115. The molecule has 0 radical (unpaired) electrons. The zero-order valence-electron chi connectivity index (χ0n) is 13.7. The van der Waals surface area contributed by atoms with Gasteiger partial charge in [0.15, 0.2) is 5.57 Å². The molecular weight excluding hydrogens is 338 g/mol. The Morgan fingerprint density at radius 1 is 1.44 bits per heavy atom. The van der Waals surface area contributed by atoms with Gasteiger partial charge < -0.3 is 9.73 Å². The maximum absolute atomic E-state index is 12.6. The molecule has 0 aromatic carbocycles. The Morgan fingerprint density at radius 3 is 2.76 bits per heavy atom. The van der Waals surface area contributed by atoms with Crippen molar-refractivity contribution < 1.29 is 9.21 Å². The van der Waals surface area contributed by atoms with E-state index < -0.39 is 5.91 Å². The van der Waals surface area contributed by atoms with E-state index >= 15 is 0 Å². The SMILES string of the molecule is C=CCNC(=O)/C(C#N)=c1\s/c(=C/c2ccc(C)o2)c(=O)n1CC=C.